The number of carbonyl (C=O) groups excluding carboxylic acids is 1. The molecule has 168 valence electrons. The minimum absolute atomic E-state index is 0.000336. The molecule has 0 atom stereocenters. The standard InChI is InChI=1S/C23H18ClN3O4S2/c1-31-19-9-7-18(8-10-19)27-33(29,30)21-14-16(4-11-20(21)24)22(28)26-17-5-2-15(3-6-17)23-25-12-13-32-23/h2-14,27H,1H3,(H,26,28). The molecule has 2 N–H and O–H groups in total. The fourth-order valence-corrected chi connectivity index (χ4v) is 5.22. The number of hydrogen-bond acceptors (Lipinski definition) is 6. The first-order valence-corrected chi connectivity index (χ1v) is 12.4. The maximum Gasteiger partial charge on any atom is 0.263 e. The Morgan fingerprint density at radius 3 is 2.33 bits per heavy atom. The number of aromatic nitrogens is 1. The van der Waals surface area contributed by atoms with Crippen molar-refractivity contribution < 1.29 is 17.9 Å². The van der Waals surface area contributed by atoms with E-state index in [1.54, 1.807) is 42.6 Å². The third kappa shape index (κ3) is 5.33. The van der Waals surface area contributed by atoms with Crippen LogP contribution >= 0.6 is 22.9 Å². The van der Waals surface area contributed by atoms with Gasteiger partial charge in [0.05, 0.1) is 12.1 Å². The number of rotatable bonds is 7. The number of anilines is 2. The Balaban J connectivity index is 1.52. The molecule has 4 rings (SSSR count). The fourth-order valence-electron chi connectivity index (χ4n) is 2.99. The van der Waals surface area contributed by atoms with Crippen LogP contribution in [0, 0.1) is 0 Å². The van der Waals surface area contributed by atoms with Crippen molar-refractivity contribution in [2.75, 3.05) is 17.1 Å². The number of ether oxygens (including phenoxy) is 1. The van der Waals surface area contributed by atoms with Gasteiger partial charge in [-0.3, -0.25) is 9.52 Å². The number of amides is 1. The summed E-state index contributed by atoms with van der Waals surface area (Å²) in [7, 11) is -2.51. The zero-order chi connectivity index (χ0) is 23.4. The van der Waals surface area contributed by atoms with Gasteiger partial charge in [-0.2, -0.15) is 0 Å². The quantitative estimate of drug-likeness (QED) is 0.348. The molecule has 0 aliphatic carbocycles. The molecular formula is C23H18ClN3O4S2. The van der Waals surface area contributed by atoms with E-state index in [2.05, 4.69) is 15.0 Å². The summed E-state index contributed by atoms with van der Waals surface area (Å²) in [5.74, 6) is 0.129. The lowest BCUT2D eigenvalue weighted by atomic mass is 10.2. The number of methoxy groups -OCH3 is 1. The predicted octanol–water partition coefficient (Wildman–Crippen LogP) is 5.53. The van der Waals surface area contributed by atoms with Crippen LogP contribution in [-0.4, -0.2) is 26.4 Å². The summed E-state index contributed by atoms with van der Waals surface area (Å²) >= 11 is 7.67. The van der Waals surface area contributed by atoms with Gasteiger partial charge in [-0.25, -0.2) is 13.4 Å². The minimum atomic E-state index is -4.03. The SMILES string of the molecule is COc1ccc(NS(=O)(=O)c2cc(C(=O)Nc3ccc(-c4nccs4)cc3)ccc2Cl)cc1. The highest BCUT2D eigenvalue weighted by molar-refractivity contribution is 7.92. The number of thiazole rings is 1. The van der Waals surface area contributed by atoms with Crippen molar-refractivity contribution in [2.45, 2.75) is 4.90 Å². The molecule has 0 aliphatic heterocycles. The Bertz CT molecular complexity index is 1370. The van der Waals surface area contributed by atoms with Crippen LogP contribution in [0.1, 0.15) is 10.4 Å². The van der Waals surface area contributed by atoms with E-state index in [1.165, 1.54) is 36.6 Å². The molecule has 0 saturated carbocycles. The van der Waals surface area contributed by atoms with E-state index in [4.69, 9.17) is 16.3 Å². The molecule has 4 aromatic rings. The van der Waals surface area contributed by atoms with Gasteiger partial charge in [0, 0.05) is 34.1 Å². The van der Waals surface area contributed by atoms with E-state index in [-0.39, 0.29) is 15.5 Å². The fraction of sp³-hybridized carbons (Fsp3) is 0.0435. The van der Waals surface area contributed by atoms with Gasteiger partial charge in [0.2, 0.25) is 0 Å². The number of hydrogen-bond donors (Lipinski definition) is 2. The largest absolute Gasteiger partial charge is 0.497 e. The molecule has 1 heterocycles. The third-order valence-corrected chi connectivity index (χ3v) is 7.33. The summed E-state index contributed by atoms with van der Waals surface area (Å²) in [5.41, 5.74) is 1.99. The van der Waals surface area contributed by atoms with E-state index < -0.39 is 15.9 Å². The molecule has 0 spiro atoms. The van der Waals surface area contributed by atoms with Gasteiger partial charge in [-0.05, 0) is 66.7 Å². The molecule has 3 aromatic carbocycles. The van der Waals surface area contributed by atoms with Crippen molar-refractivity contribution in [1.29, 1.82) is 0 Å². The number of nitrogens with zero attached hydrogens (tertiary/aromatic N) is 1. The highest BCUT2D eigenvalue weighted by atomic mass is 35.5. The van der Waals surface area contributed by atoms with Crippen molar-refractivity contribution in [1.82, 2.24) is 4.98 Å². The summed E-state index contributed by atoms with van der Waals surface area (Å²) in [6.45, 7) is 0. The van der Waals surface area contributed by atoms with Gasteiger partial charge in [0.25, 0.3) is 15.9 Å². The lowest BCUT2D eigenvalue weighted by Gasteiger charge is -2.12. The predicted molar refractivity (Wildman–Crippen MR) is 131 cm³/mol. The Labute approximate surface area is 200 Å². The van der Waals surface area contributed by atoms with Crippen LogP contribution in [0.3, 0.4) is 0 Å². The van der Waals surface area contributed by atoms with E-state index in [0.717, 1.165) is 10.6 Å². The summed E-state index contributed by atoms with van der Waals surface area (Å²) < 4.78 is 33.3. The zero-order valence-corrected chi connectivity index (χ0v) is 19.7. The Kier molecular flexibility index (Phi) is 6.64. The van der Waals surface area contributed by atoms with Crippen LogP contribution < -0.4 is 14.8 Å². The second kappa shape index (κ2) is 9.62. The number of benzene rings is 3. The monoisotopic (exact) mass is 499 g/mol. The molecule has 0 saturated heterocycles. The maximum absolute atomic E-state index is 12.9. The summed E-state index contributed by atoms with van der Waals surface area (Å²) in [5, 5.41) is 5.53. The molecule has 0 aliphatic rings. The molecule has 7 nitrogen and oxygen atoms in total. The van der Waals surface area contributed by atoms with Gasteiger partial charge in [-0.1, -0.05) is 11.6 Å². The highest BCUT2D eigenvalue weighted by Crippen LogP contribution is 2.27. The van der Waals surface area contributed by atoms with E-state index in [0.29, 0.717) is 17.1 Å². The minimum Gasteiger partial charge on any atom is -0.497 e. The van der Waals surface area contributed by atoms with Crippen molar-refractivity contribution >= 4 is 50.2 Å². The van der Waals surface area contributed by atoms with Gasteiger partial charge < -0.3 is 10.1 Å². The van der Waals surface area contributed by atoms with Crippen molar-refractivity contribution in [3.63, 3.8) is 0 Å². The topological polar surface area (TPSA) is 97.4 Å². The normalized spacial score (nSPS) is 11.1. The first-order valence-electron chi connectivity index (χ1n) is 9.63. The summed E-state index contributed by atoms with van der Waals surface area (Å²) in [4.78, 5) is 16.8. The molecular weight excluding hydrogens is 482 g/mol. The van der Waals surface area contributed by atoms with Crippen LogP contribution in [-0.2, 0) is 10.0 Å². The number of sulfonamides is 1. The summed E-state index contributed by atoms with van der Waals surface area (Å²) in [6.07, 6.45) is 1.73. The summed E-state index contributed by atoms with van der Waals surface area (Å²) in [6, 6.07) is 17.7. The molecule has 0 radical (unpaired) electrons. The second-order valence-corrected chi connectivity index (χ2v) is 9.80. The highest BCUT2D eigenvalue weighted by Gasteiger charge is 2.21. The van der Waals surface area contributed by atoms with Crippen molar-refractivity contribution in [2.24, 2.45) is 0 Å². The lowest BCUT2D eigenvalue weighted by molar-refractivity contribution is 0.102. The number of halogens is 1. The smallest absolute Gasteiger partial charge is 0.263 e. The van der Waals surface area contributed by atoms with Crippen LogP contribution in [0.25, 0.3) is 10.6 Å². The average molecular weight is 500 g/mol. The average Bonchev–Trinajstić information content (AvgIpc) is 3.35. The molecule has 1 amide bonds. The van der Waals surface area contributed by atoms with Crippen molar-refractivity contribution in [3.8, 4) is 16.3 Å². The second-order valence-electron chi connectivity index (χ2n) is 6.85. The molecule has 0 bridgehead atoms. The van der Waals surface area contributed by atoms with Crippen LogP contribution in [0.15, 0.2) is 83.2 Å². The molecule has 10 heteroatoms. The van der Waals surface area contributed by atoms with E-state index in [1.807, 2.05) is 17.5 Å². The molecule has 33 heavy (non-hydrogen) atoms. The molecule has 1 aromatic heterocycles. The first-order chi connectivity index (χ1) is 15.9. The third-order valence-electron chi connectivity index (χ3n) is 4.65. The van der Waals surface area contributed by atoms with Gasteiger partial charge in [-0.15, -0.1) is 11.3 Å². The Morgan fingerprint density at radius 1 is 1.00 bits per heavy atom. The van der Waals surface area contributed by atoms with E-state index in [9.17, 15) is 13.2 Å². The first kappa shape index (κ1) is 22.8. The zero-order valence-electron chi connectivity index (χ0n) is 17.3. The number of carbonyl (C=O) groups is 1. The van der Waals surface area contributed by atoms with Crippen LogP contribution in [0.5, 0.6) is 5.75 Å². The van der Waals surface area contributed by atoms with Gasteiger partial charge in [0.1, 0.15) is 15.7 Å². The van der Waals surface area contributed by atoms with Crippen molar-refractivity contribution in [3.05, 3.63) is 88.9 Å². The maximum atomic E-state index is 12.9. The van der Waals surface area contributed by atoms with Crippen LogP contribution in [0.2, 0.25) is 5.02 Å². The van der Waals surface area contributed by atoms with Crippen LogP contribution in [0.4, 0.5) is 11.4 Å². The number of nitrogens with one attached hydrogen (secondary N) is 2. The molecule has 0 fully saturated rings. The Hall–Kier alpha value is -3.40. The van der Waals surface area contributed by atoms with Gasteiger partial charge >= 0.3 is 0 Å². The Morgan fingerprint density at radius 2 is 1.70 bits per heavy atom. The van der Waals surface area contributed by atoms with E-state index >= 15 is 0 Å². The van der Waals surface area contributed by atoms with Gasteiger partial charge in [0.15, 0.2) is 0 Å². The lowest BCUT2D eigenvalue weighted by Crippen LogP contribution is -2.16. The molecule has 0 unspecified atom stereocenters.